The fourth-order valence-corrected chi connectivity index (χ4v) is 2.70. The van der Waals surface area contributed by atoms with Gasteiger partial charge in [0.05, 0.1) is 12.2 Å². The molecule has 0 amide bonds. The van der Waals surface area contributed by atoms with E-state index in [0.29, 0.717) is 6.04 Å². The standard InChI is InChI=1S/C15H19N3/c1-16-9-13-7-8-15(13)18-11-14(10-17-18)12-5-3-2-4-6-12/h2-6,10-11,13,15-16H,7-9H2,1H3. The smallest absolute Gasteiger partial charge is 0.0568 e. The zero-order chi connectivity index (χ0) is 12.4. The van der Waals surface area contributed by atoms with Crippen LogP contribution in [0.2, 0.25) is 0 Å². The molecule has 2 aromatic rings. The molecule has 2 unspecified atom stereocenters. The minimum atomic E-state index is 0.579. The first-order chi connectivity index (χ1) is 8.88. The van der Waals surface area contributed by atoms with Crippen LogP contribution in [0.3, 0.4) is 0 Å². The van der Waals surface area contributed by atoms with Crippen molar-refractivity contribution in [3.8, 4) is 11.1 Å². The first kappa shape index (κ1) is 11.5. The van der Waals surface area contributed by atoms with E-state index in [1.165, 1.54) is 24.0 Å². The SMILES string of the molecule is CNCC1CCC1n1cc(-c2ccccc2)cn1. The molecule has 1 aromatic carbocycles. The summed E-state index contributed by atoms with van der Waals surface area (Å²) in [5.74, 6) is 0.735. The summed E-state index contributed by atoms with van der Waals surface area (Å²) in [4.78, 5) is 0. The maximum Gasteiger partial charge on any atom is 0.0568 e. The largest absolute Gasteiger partial charge is 0.319 e. The Balaban J connectivity index is 1.78. The van der Waals surface area contributed by atoms with Crippen molar-refractivity contribution in [2.24, 2.45) is 5.92 Å². The van der Waals surface area contributed by atoms with Crippen molar-refractivity contribution in [2.45, 2.75) is 18.9 Å². The van der Waals surface area contributed by atoms with E-state index < -0.39 is 0 Å². The van der Waals surface area contributed by atoms with Gasteiger partial charge < -0.3 is 5.32 Å². The highest BCUT2D eigenvalue weighted by atomic mass is 15.3. The third kappa shape index (κ3) is 2.06. The van der Waals surface area contributed by atoms with E-state index >= 15 is 0 Å². The first-order valence-electron chi connectivity index (χ1n) is 6.62. The molecule has 0 bridgehead atoms. The maximum atomic E-state index is 4.54. The Kier molecular flexibility index (Phi) is 3.15. The second-order valence-electron chi connectivity index (χ2n) is 5.04. The molecule has 18 heavy (non-hydrogen) atoms. The first-order valence-corrected chi connectivity index (χ1v) is 6.62. The molecule has 0 radical (unpaired) electrons. The average Bonchev–Trinajstić information content (AvgIpc) is 2.85. The predicted molar refractivity (Wildman–Crippen MR) is 73.4 cm³/mol. The minimum Gasteiger partial charge on any atom is -0.319 e. The Hall–Kier alpha value is -1.61. The highest BCUT2D eigenvalue weighted by Crippen LogP contribution is 2.38. The van der Waals surface area contributed by atoms with Crippen LogP contribution in [0.25, 0.3) is 11.1 Å². The van der Waals surface area contributed by atoms with E-state index in [2.05, 4.69) is 45.6 Å². The summed E-state index contributed by atoms with van der Waals surface area (Å²) in [6.07, 6.45) is 6.72. The lowest BCUT2D eigenvalue weighted by atomic mass is 9.79. The van der Waals surface area contributed by atoms with Crippen LogP contribution >= 0.6 is 0 Å². The quantitative estimate of drug-likeness (QED) is 0.892. The van der Waals surface area contributed by atoms with Crippen LogP contribution in [0, 0.1) is 5.92 Å². The van der Waals surface area contributed by atoms with E-state index in [0.717, 1.165) is 12.5 Å². The minimum absolute atomic E-state index is 0.579. The van der Waals surface area contributed by atoms with Gasteiger partial charge in [-0.25, -0.2) is 0 Å². The number of nitrogens with one attached hydrogen (secondary N) is 1. The number of benzene rings is 1. The van der Waals surface area contributed by atoms with Gasteiger partial charge in [-0.2, -0.15) is 5.10 Å². The van der Waals surface area contributed by atoms with Crippen molar-refractivity contribution in [2.75, 3.05) is 13.6 Å². The Labute approximate surface area is 108 Å². The molecule has 0 aliphatic heterocycles. The summed E-state index contributed by atoms with van der Waals surface area (Å²) in [5.41, 5.74) is 2.46. The summed E-state index contributed by atoms with van der Waals surface area (Å²) in [6, 6.07) is 11.0. The lowest BCUT2D eigenvalue weighted by Gasteiger charge is -2.36. The molecular weight excluding hydrogens is 222 g/mol. The Morgan fingerprint density at radius 2 is 2.06 bits per heavy atom. The number of aromatic nitrogens is 2. The highest BCUT2D eigenvalue weighted by Gasteiger charge is 2.32. The van der Waals surface area contributed by atoms with Crippen LogP contribution in [0.4, 0.5) is 0 Å². The van der Waals surface area contributed by atoms with Gasteiger partial charge in [0.15, 0.2) is 0 Å². The molecule has 1 aliphatic carbocycles. The summed E-state index contributed by atoms with van der Waals surface area (Å²) in [6.45, 7) is 1.09. The maximum absolute atomic E-state index is 4.54. The van der Waals surface area contributed by atoms with Gasteiger partial charge in [-0.15, -0.1) is 0 Å². The van der Waals surface area contributed by atoms with E-state index in [4.69, 9.17) is 0 Å². The zero-order valence-corrected chi connectivity index (χ0v) is 10.7. The second kappa shape index (κ2) is 4.94. The fourth-order valence-electron chi connectivity index (χ4n) is 2.70. The van der Waals surface area contributed by atoms with Crippen molar-refractivity contribution < 1.29 is 0 Å². The van der Waals surface area contributed by atoms with Crippen molar-refractivity contribution in [3.05, 3.63) is 42.7 Å². The molecule has 94 valence electrons. The van der Waals surface area contributed by atoms with Crippen LogP contribution in [-0.4, -0.2) is 23.4 Å². The molecule has 3 heteroatoms. The molecular formula is C15H19N3. The van der Waals surface area contributed by atoms with Crippen molar-refractivity contribution in [3.63, 3.8) is 0 Å². The molecule has 1 N–H and O–H groups in total. The molecule has 1 aromatic heterocycles. The number of nitrogens with zero attached hydrogens (tertiary/aromatic N) is 2. The fraction of sp³-hybridized carbons (Fsp3) is 0.400. The van der Waals surface area contributed by atoms with E-state index in [1.54, 1.807) is 0 Å². The van der Waals surface area contributed by atoms with E-state index in [-0.39, 0.29) is 0 Å². The Bertz CT molecular complexity index is 503. The second-order valence-corrected chi connectivity index (χ2v) is 5.04. The van der Waals surface area contributed by atoms with Gasteiger partial charge in [-0.05, 0) is 37.9 Å². The molecule has 1 saturated carbocycles. The van der Waals surface area contributed by atoms with Gasteiger partial charge in [0.25, 0.3) is 0 Å². The van der Waals surface area contributed by atoms with Crippen LogP contribution in [0.5, 0.6) is 0 Å². The van der Waals surface area contributed by atoms with Crippen LogP contribution in [0.1, 0.15) is 18.9 Å². The van der Waals surface area contributed by atoms with Gasteiger partial charge in [-0.3, -0.25) is 4.68 Å². The summed E-state index contributed by atoms with van der Waals surface area (Å²) in [7, 11) is 2.02. The zero-order valence-electron chi connectivity index (χ0n) is 10.7. The summed E-state index contributed by atoms with van der Waals surface area (Å²) >= 11 is 0. The topological polar surface area (TPSA) is 29.9 Å². The van der Waals surface area contributed by atoms with E-state index in [9.17, 15) is 0 Å². The number of hydrogen-bond acceptors (Lipinski definition) is 2. The lowest BCUT2D eigenvalue weighted by Crippen LogP contribution is -2.35. The number of rotatable bonds is 4. The van der Waals surface area contributed by atoms with Crippen molar-refractivity contribution in [1.82, 2.24) is 15.1 Å². The molecule has 3 nitrogen and oxygen atoms in total. The molecule has 1 fully saturated rings. The number of hydrogen-bond donors (Lipinski definition) is 1. The van der Waals surface area contributed by atoms with Crippen molar-refractivity contribution in [1.29, 1.82) is 0 Å². The summed E-state index contributed by atoms with van der Waals surface area (Å²) in [5, 5.41) is 7.80. The molecule has 0 spiro atoms. The monoisotopic (exact) mass is 241 g/mol. The molecule has 2 atom stereocenters. The molecule has 0 saturated heterocycles. The Morgan fingerprint density at radius 3 is 2.72 bits per heavy atom. The summed E-state index contributed by atoms with van der Waals surface area (Å²) < 4.78 is 2.15. The third-order valence-corrected chi connectivity index (χ3v) is 3.89. The normalized spacial score (nSPS) is 22.7. The van der Waals surface area contributed by atoms with Crippen LogP contribution in [-0.2, 0) is 0 Å². The molecule has 1 heterocycles. The van der Waals surface area contributed by atoms with Crippen molar-refractivity contribution >= 4 is 0 Å². The van der Waals surface area contributed by atoms with Crippen LogP contribution in [0.15, 0.2) is 42.7 Å². The van der Waals surface area contributed by atoms with Gasteiger partial charge in [0.1, 0.15) is 0 Å². The van der Waals surface area contributed by atoms with Crippen LogP contribution < -0.4 is 5.32 Å². The molecule has 3 rings (SSSR count). The Morgan fingerprint density at radius 1 is 1.22 bits per heavy atom. The van der Waals surface area contributed by atoms with Gasteiger partial charge in [0, 0.05) is 11.8 Å². The highest BCUT2D eigenvalue weighted by molar-refractivity contribution is 5.61. The van der Waals surface area contributed by atoms with Gasteiger partial charge in [-0.1, -0.05) is 30.3 Å². The van der Waals surface area contributed by atoms with Gasteiger partial charge >= 0.3 is 0 Å². The lowest BCUT2D eigenvalue weighted by molar-refractivity contribution is 0.166. The van der Waals surface area contributed by atoms with Gasteiger partial charge in [0.2, 0.25) is 0 Å². The molecule has 1 aliphatic rings. The van der Waals surface area contributed by atoms with E-state index in [1.807, 2.05) is 19.3 Å². The third-order valence-electron chi connectivity index (χ3n) is 3.89. The predicted octanol–water partition coefficient (Wildman–Crippen LogP) is 2.72. The average molecular weight is 241 g/mol.